The molecule has 1 aromatic carbocycles. The maximum absolute atomic E-state index is 12.0. The van der Waals surface area contributed by atoms with Gasteiger partial charge in [-0.15, -0.1) is 0 Å². The van der Waals surface area contributed by atoms with Gasteiger partial charge in [-0.3, -0.25) is 4.79 Å². The quantitative estimate of drug-likeness (QED) is 0.871. The highest BCUT2D eigenvalue weighted by atomic mass is 16.2. The Labute approximate surface area is 104 Å². The van der Waals surface area contributed by atoms with Crippen LogP contribution in [0, 0.1) is 5.41 Å². The first-order valence-corrected chi connectivity index (χ1v) is 5.88. The van der Waals surface area contributed by atoms with Gasteiger partial charge in [0.15, 0.2) is 0 Å². The molecule has 0 saturated carbocycles. The van der Waals surface area contributed by atoms with Crippen LogP contribution in [0.25, 0.3) is 0 Å². The van der Waals surface area contributed by atoms with E-state index in [0.29, 0.717) is 13.1 Å². The molecule has 0 atom stereocenters. The summed E-state index contributed by atoms with van der Waals surface area (Å²) in [5, 5.41) is 0. The van der Waals surface area contributed by atoms with Crippen LogP contribution in [0.5, 0.6) is 0 Å². The lowest BCUT2D eigenvalue weighted by Crippen LogP contribution is -2.36. The molecule has 1 rings (SSSR count). The van der Waals surface area contributed by atoms with E-state index in [-0.39, 0.29) is 11.3 Å². The number of rotatable bonds is 3. The third-order valence-electron chi connectivity index (χ3n) is 2.67. The molecule has 0 aromatic heterocycles. The molecule has 1 aromatic rings. The molecule has 3 nitrogen and oxygen atoms in total. The lowest BCUT2D eigenvalue weighted by atomic mass is 9.95. The SMILES string of the molecule is CN(Cc1ccc(CN)cc1)C(=O)C(C)(C)C. The molecular formula is C14H22N2O. The first-order valence-electron chi connectivity index (χ1n) is 5.88. The molecule has 0 bridgehead atoms. The van der Waals surface area contributed by atoms with Gasteiger partial charge in [0.25, 0.3) is 0 Å². The first-order chi connectivity index (χ1) is 7.84. The molecule has 0 fully saturated rings. The van der Waals surface area contributed by atoms with Crippen molar-refractivity contribution in [3.63, 3.8) is 0 Å². The highest BCUT2D eigenvalue weighted by molar-refractivity contribution is 5.81. The number of benzene rings is 1. The summed E-state index contributed by atoms with van der Waals surface area (Å²) in [6, 6.07) is 8.05. The summed E-state index contributed by atoms with van der Waals surface area (Å²) in [5.41, 5.74) is 7.45. The molecule has 0 aliphatic carbocycles. The Morgan fingerprint density at radius 3 is 2.06 bits per heavy atom. The third-order valence-corrected chi connectivity index (χ3v) is 2.67. The van der Waals surface area contributed by atoms with Crippen molar-refractivity contribution >= 4 is 5.91 Å². The van der Waals surface area contributed by atoms with Crippen LogP contribution < -0.4 is 5.73 Å². The fourth-order valence-corrected chi connectivity index (χ4v) is 1.70. The molecular weight excluding hydrogens is 212 g/mol. The molecule has 0 radical (unpaired) electrons. The second-order valence-electron chi connectivity index (χ2n) is 5.43. The third kappa shape index (κ3) is 3.86. The second-order valence-corrected chi connectivity index (χ2v) is 5.43. The minimum Gasteiger partial charge on any atom is -0.341 e. The fourth-order valence-electron chi connectivity index (χ4n) is 1.70. The van der Waals surface area contributed by atoms with E-state index >= 15 is 0 Å². The van der Waals surface area contributed by atoms with E-state index < -0.39 is 0 Å². The molecule has 0 heterocycles. The Balaban J connectivity index is 2.68. The lowest BCUT2D eigenvalue weighted by Gasteiger charge is -2.26. The molecule has 0 aliphatic heterocycles. The number of hydrogen-bond donors (Lipinski definition) is 1. The summed E-state index contributed by atoms with van der Waals surface area (Å²) in [6.07, 6.45) is 0. The van der Waals surface area contributed by atoms with Crippen molar-refractivity contribution in [2.75, 3.05) is 7.05 Å². The van der Waals surface area contributed by atoms with Gasteiger partial charge in [-0.2, -0.15) is 0 Å². The summed E-state index contributed by atoms with van der Waals surface area (Å²) in [7, 11) is 1.84. The Morgan fingerprint density at radius 2 is 1.65 bits per heavy atom. The van der Waals surface area contributed by atoms with E-state index in [1.807, 2.05) is 52.1 Å². The highest BCUT2D eigenvalue weighted by Gasteiger charge is 2.24. The molecule has 1 amide bonds. The van der Waals surface area contributed by atoms with Crippen molar-refractivity contribution in [2.45, 2.75) is 33.9 Å². The fraction of sp³-hybridized carbons (Fsp3) is 0.500. The molecule has 3 heteroatoms. The minimum absolute atomic E-state index is 0.153. The van der Waals surface area contributed by atoms with E-state index in [1.54, 1.807) is 4.90 Å². The van der Waals surface area contributed by atoms with Gasteiger partial charge in [0, 0.05) is 25.6 Å². The number of nitrogens with two attached hydrogens (primary N) is 1. The number of amides is 1. The zero-order valence-corrected chi connectivity index (χ0v) is 11.2. The summed E-state index contributed by atoms with van der Waals surface area (Å²) < 4.78 is 0. The van der Waals surface area contributed by atoms with Gasteiger partial charge in [-0.05, 0) is 11.1 Å². The normalized spacial score (nSPS) is 11.4. The minimum atomic E-state index is -0.327. The van der Waals surface area contributed by atoms with Gasteiger partial charge in [-0.1, -0.05) is 45.0 Å². The van der Waals surface area contributed by atoms with E-state index in [2.05, 4.69) is 0 Å². The summed E-state index contributed by atoms with van der Waals surface area (Å²) in [5.74, 6) is 0.153. The van der Waals surface area contributed by atoms with Crippen molar-refractivity contribution in [3.05, 3.63) is 35.4 Å². The smallest absolute Gasteiger partial charge is 0.227 e. The Hall–Kier alpha value is -1.35. The topological polar surface area (TPSA) is 46.3 Å². The number of carbonyl (C=O) groups is 1. The van der Waals surface area contributed by atoms with Crippen LogP contribution in [0.1, 0.15) is 31.9 Å². The van der Waals surface area contributed by atoms with Crippen LogP contribution in [0.15, 0.2) is 24.3 Å². The molecule has 0 saturated heterocycles. The number of hydrogen-bond acceptors (Lipinski definition) is 2. The van der Waals surface area contributed by atoms with Crippen molar-refractivity contribution < 1.29 is 4.79 Å². The second kappa shape index (κ2) is 5.32. The molecule has 0 spiro atoms. The first kappa shape index (κ1) is 13.7. The predicted molar refractivity (Wildman–Crippen MR) is 70.3 cm³/mol. The average Bonchev–Trinajstić information content (AvgIpc) is 2.27. The van der Waals surface area contributed by atoms with E-state index in [0.717, 1.165) is 11.1 Å². The number of carbonyl (C=O) groups excluding carboxylic acids is 1. The molecule has 0 unspecified atom stereocenters. The van der Waals surface area contributed by atoms with Crippen LogP contribution in [-0.2, 0) is 17.9 Å². The molecule has 2 N–H and O–H groups in total. The average molecular weight is 234 g/mol. The Kier molecular flexibility index (Phi) is 4.29. The van der Waals surface area contributed by atoms with E-state index in [1.165, 1.54) is 0 Å². The highest BCUT2D eigenvalue weighted by Crippen LogP contribution is 2.18. The summed E-state index contributed by atoms with van der Waals surface area (Å²) in [6.45, 7) is 6.99. The van der Waals surface area contributed by atoms with E-state index in [9.17, 15) is 4.79 Å². The standard InChI is InChI=1S/C14H22N2O/c1-14(2,3)13(17)16(4)10-12-7-5-11(9-15)6-8-12/h5-8H,9-10,15H2,1-4H3. The zero-order valence-electron chi connectivity index (χ0n) is 11.2. The van der Waals surface area contributed by atoms with Gasteiger partial charge in [-0.25, -0.2) is 0 Å². The van der Waals surface area contributed by atoms with Crippen molar-refractivity contribution in [3.8, 4) is 0 Å². The summed E-state index contributed by atoms with van der Waals surface area (Å²) >= 11 is 0. The Morgan fingerprint density at radius 1 is 1.18 bits per heavy atom. The van der Waals surface area contributed by atoms with Crippen molar-refractivity contribution in [1.29, 1.82) is 0 Å². The van der Waals surface area contributed by atoms with Gasteiger partial charge in [0.05, 0.1) is 0 Å². The largest absolute Gasteiger partial charge is 0.341 e. The molecule has 17 heavy (non-hydrogen) atoms. The number of nitrogens with zero attached hydrogens (tertiary/aromatic N) is 1. The van der Waals surface area contributed by atoms with Crippen LogP contribution >= 0.6 is 0 Å². The maximum atomic E-state index is 12.0. The van der Waals surface area contributed by atoms with Gasteiger partial charge >= 0.3 is 0 Å². The maximum Gasteiger partial charge on any atom is 0.227 e. The predicted octanol–water partition coefficient (Wildman–Crippen LogP) is 2.15. The van der Waals surface area contributed by atoms with Crippen molar-refractivity contribution in [2.24, 2.45) is 11.1 Å². The van der Waals surface area contributed by atoms with Crippen molar-refractivity contribution in [1.82, 2.24) is 4.90 Å². The molecule has 0 aliphatic rings. The van der Waals surface area contributed by atoms with Gasteiger partial charge in [0.2, 0.25) is 5.91 Å². The van der Waals surface area contributed by atoms with E-state index in [4.69, 9.17) is 5.73 Å². The lowest BCUT2D eigenvalue weighted by molar-refractivity contribution is -0.138. The van der Waals surface area contributed by atoms with Crippen LogP contribution in [0.3, 0.4) is 0 Å². The Bertz CT molecular complexity index is 376. The van der Waals surface area contributed by atoms with Crippen LogP contribution in [0.4, 0.5) is 0 Å². The van der Waals surface area contributed by atoms with Crippen LogP contribution in [0.2, 0.25) is 0 Å². The zero-order chi connectivity index (χ0) is 13.1. The monoisotopic (exact) mass is 234 g/mol. The molecule has 94 valence electrons. The van der Waals surface area contributed by atoms with Crippen LogP contribution in [-0.4, -0.2) is 17.9 Å². The van der Waals surface area contributed by atoms with Gasteiger partial charge < -0.3 is 10.6 Å². The summed E-state index contributed by atoms with van der Waals surface area (Å²) in [4.78, 5) is 13.8. The van der Waals surface area contributed by atoms with Gasteiger partial charge in [0.1, 0.15) is 0 Å².